The highest BCUT2D eigenvalue weighted by Gasteiger charge is 2.23. The minimum Gasteiger partial charge on any atom is -0.370 e. The molecular weight excluding hydrogens is 319 g/mol. The molecule has 25 heavy (non-hydrogen) atoms. The second-order valence-corrected chi connectivity index (χ2v) is 6.35. The molecule has 2 heterocycles. The minimum atomic E-state index is -0.287. The van der Waals surface area contributed by atoms with Crippen LogP contribution in [0.2, 0.25) is 0 Å². The predicted octanol–water partition coefficient (Wildman–Crippen LogP) is 2.27. The van der Waals surface area contributed by atoms with Gasteiger partial charge in [-0.3, -0.25) is 9.69 Å². The van der Waals surface area contributed by atoms with Gasteiger partial charge in [0.1, 0.15) is 11.6 Å². The molecule has 1 aromatic carbocycles. The zero-order valence-corrected chi connectivity index (χ0v) is 14.1. The van der Waals surface area contributed by atoms with Gasteiger partial charge >= 0.3 is 0 Å². The smallest absolute Gasteiger partial charge is 0.234 e. The van der Waals surface area contributed by atoms with E-state index in [1.165, 1.54) is 6.07 Å². The first-order valence-corrected chi connectivity index (χ1v) is 8.58. The van der Waals surface area contributed by atoms with Gasteiger partial charge in [-0.05, 0) is 37.1 Å². The molecule has 1 amide bonds. The fourth-order valence-corrected chi connectivity index (χ4v) is 3.03. The number of halogens is 1. The fourth-order valence-electron chi connectivity index (χ4n) is 3.03. The van der Waals surface area contributed by atoms with Crippen molar-refractivity contribution in [2.45, 2.75) is 13.0 Å². The molecule has 0 unspecified atom stereocenters. The van der Waals surface area contributed by atoms with Crippen LogP contribution in [0.1, 0.15) is 12.0 Å². The lowest BCUT2D eigenvalue weighted by Gasteiger charge is -2.16. The lowest BCUT2D eigenvalue weighted by molar-refractivity contribution is -0.122. The van der Waals surface area contributed by atoms with Crippen molar-refractivity contribution in [3.63, 3.8) is 0 Å². The van der Waals surface area contributed by atoms with Crippen LogP contribution in [0.5, 0.6) is 0 Å². The quantitative estimate of drug-likeness (QED) is 0.810. The molecule has 0 saturated carbocycles. The van der Waals surface area contributed by atoms with Gasteiger partial charge < -0.3 is 10.6 Å². The Labute approximate surface area is 147 Å². The fraction of sp³-hybridized carbons (Fsp3) is 0.368. The Morgan fingerprint density at radius 1 is 1.24 bits per heavy atom. The highest BCUT2D eigenvalue weighted by Crippen LogP contribution is 2.16. The Bertz CT molecular complexity index is 695. The highest BCUT2D eigenvalue weighted by atomic mass is 19.1. The average molecular weight is 342 g/mol. The van der Waals surface area contributed by atoms with Crippen molar-refractivity contribution in [3.8, 4) is 0 Å². The van der Waals surface area contributed by atoms with Crippen molar-refractivity contribution in [1.29, 1.82) is 0 Å². The second kappa shape index (κ2) is 8.58. The van der Waals surface area contributed by atoms with Crippen LogP contribution in [0.3, 0.4) is 0 Å². The van der Waals surface area contributed by atoms with E-state index in [4.69, 9.17) is 0 Å². The molecular formula is C19H23FN4O. The molecule has 132 valence electrons. The zero-order valence-electron chi connectivity index (χ0n) is 14.1. The van der Waals surface area contributed by atoms with E-state index >= 15 is 0 Å². The highest BCUT2D eigenvalue weighted by molar-refractivity contribution is 5.78. The molecule has 1 aliphatic rings. The number of likely N-dealkylation sites (tertiary alicyclic amines) is 1. The summed E-state index contributed by atoms with van der Waals surface area (Å²) in [7, 11) is 0. The van der Waals surface area contributed by atoms with Crippen LogP contribution >= 0.6 is 0 Å². The Kier molecular flexibility index (Phi) is 5.95. The molecule has 0 spiro atoms. The van der Waals surface area contributed by atoms with Gasteiger partial charge in [-0.1, -0.05) is 24.3 Å². The van der Waals surface area contributed by atoms with Gasteiger partial charge in [0.15, 0.2) is 0 Å². The lowest BCUT2D eigenvalue weighted by Crippen LogP contribution is -2.36. The van der Waals surface area contributed by atoms with E-state index in [0.29, 0.717) is 18.0 Å². The first-order chi connectivity index (χ1) is 12.2. The monoisotopic (exact) mass is 342 g/mol. The number of rotatable bonds is 7. The molecule has 1 atom stereocenters. The van der Waals surface area contributed by atoms with Gasteiger partial charge in [0.05, 0.1) is 6.54 Å². The number of nitrogens with zero attached hydrogens (tertiary/aromatic N) is 2. The molecule has 1 saturated heterocycles. The number of carbonyl (C=O) groups excluding carboxylic acids is 1. The number of hydrogen-bond acceptors (Lipinski definition) is 4. The van der Waals surface area contributed by atoms with Crippen molar-refractivity contribution in [2.75, 3.05) is 31.5 Å². The number of aromatic nitrogens is 1. The Morgan fingerprint density at radius 2 is 2.08 bits per heavy atom. The first-order valence-electron chi connectivity index (χ1n) is 8.58. The lowest BCUT2D eigenvalue weighted by atomic mass is 10.1. The van der Waals surface area contributed by atoms with Crippen LogP contribution in [0, 0.1) is 11.7 Å². The van der Waals surface area contributed by atoms with Gasteiger partial charge in [0.25, 0.3) is 0 Å². The van der Waals surface area contributed by atoms with Crippen LogP contribution in [0.4, 0.5) is 10.2 Å². The molecule has 0 radical (unpaired) electrons. The van der Waals surface area contributed by atoms with Gasteiger partial charge in [0, 0.05) is 31.4 Å². The predicted molar refractivity (Wildman–Crippen MR) is 95.5 cm³/mol. The van der Waals surface area contributed by atoms with Crippen molar-refractivity contribution >= 4 is 11.7 Å². The van der Waals surface area contributed by atoms with Crippen molar-refractivity contribution in [2.24, 2.45) is 5.92 Å². The zero-order chi connectivity index (χ0) is 17.5. The third kappa shape index (κ3) is 5.26. The molecule has 2 N–H and O–H groups in total. The number of amides is 1. The maximum atomic E-state index is 13.5. The summed E-state index contributed by atoms with van der Waals surface area (Å²) in [5.74, 6) is 1.02. The maximum absolute atomic E-state index is 13.5. The summed E-state index contributed by atoms with van der Waals surface area (Å²) >= 11 is 0. The van der Waals surface area contributed by atoms with E-state index in [1.807, 2.05) is 18.2 Å². The van der Waals surface area contributed by atoms with Gasteiger partial charge in [-0.25, -0.2) is 9.37 Å². The molecule has 6 heteroatoms. The summed E-state index contributed by atoms with van der Waals surface area (Å²) in [4.78, 5) is 18.5. The number of benzene rings is 1. The molecule has 1 fully saturated rings. The summed E-state index contributed by atoms with van der Waals surface area (Å²) in [6.07, 6.45) is 2.82. The standard InChI is InChI=1S/C19H23FN4O/c20-17-6-2-1-5-16(17)12-23-19(25)14-24-10-8-15(13-24)11-22-18-7-3-4-9-21-18/h1-7,9,15H,8,10-14H2,(H,21,22)(H,23,25)/t15-/m0/s1. The summed E-state index contributed by atoms with van der Waals surface area (Å²) in [6.45, 7) is 3.22. The topological polar surface area (TPSA) is 57.3 Å². The average Bonchev–Trinajstić information content (AvgIpc) is 3.07. The molecule has 1 aromatic heterocycles. The van der Waals surface area contributed by atoms with E-state index in [2.05, 4.69) is 20.5 Å². The summed E-state index contributed by atoms with van der Waals surface area (Å²) < 4.78 is 13.5. The Balaban J connectivity index is 1.37. The molecule has 3 rings (SSSR count). The van der Waals surface area contributed by atoms with Crippen molar-refractivity contribution in [1.82, 2.24) is 15.2 Å². The molecule has 2 aromatic rings. The molecule has 1 aliphatic heterocycles. The third-order valence-corrected chi connectivity index (χ3v) is 4.41. The molecule has 0 bridgehead atoms. The van der Waals surface area contributed by atoms with Gasteiger partial charge in [-0.2, -0.15) is 0 Å². The second-order valence-electron chi connectivity index (χ2n) is 6.35. The van der Waals surface area contributed by atoms with Crippen molar-refractivity contribution < 1.29 is 9.18 Å². The van der Waals surface area contributed by atoms with E-state index in [-0.39, 0.29) is 18.3 Å². The van der Waals surface area contributed by atoms with E-state index in [9.17, 15) is 9.18 Å². The van der Waals surface area contributed by atoms with Crippen LogP contribution < -0.4 is 10.6 Å². The van der Waals surface area contributed by atoms with Crippen LogP contribution in [0.25, 0.3) is 0 Å². The summed E-state index contributed by atoms with van der Waals surface area (Å²) in [5.41, 5.74) is 0.509. The Hall–Kier alpha value is -2.47. The number of carbonyl (C=O) groups is 1. The van der Waals surface area contributed by atoms with E-state index < -0.39 is 0 Å². The Morgan fingerprint density at radius 3 is 2.88 bits per heavy atom. The van der Waals surface area contributed by atoms with E-state index in [0.717, 1.165) is 31.9 Å². The van der Waals surface area contributed by atoms with Crippen molar-refractivity contribution in [3.05, 3.63) is 60.0 Å². The summed E-state index contributed by atoms with van der Waals surface area (Å²) in [5, 5.41) is 6.13. The number of hydrogen-bond donors (Lipinski definition) is 2. The van der Waals surface area contributed by atoms with Crippen LogP contribution in [-0.2, 0) is 11.3 Å². The largest absolute Gasteiger partial charge is 0.370 e. The molecule has 5 nitrogen and oxygen atoms in total. The van der Waals surface area contributed by atoms with Crippen LogP contribution in [0.15, 0.2) is 48.7 Å². The number of nitrogens with one attached hydrogen (secondary N) is 2. The number of pyridine rings is 1. The number of anilines is 1. The summed E-state index contributed by atoms with van der Waals surface area (Å²) in [6, 6.07) is 12.3. The SMILES string of the molecule is O=C(CN1CC[C@@H](CNc2ccccn2)C1)NCc1ccccc1F. The van der Waals surface area contributed by atoms with Crippen LogP contribution in [-0.4, -0.2) is 42.0 Å². The minimum absolute atomic E-state index is 0.0680. The van der Waals surface area contributed by atoms with E-state index in [1.54, 1.807) is 24.4 Å². The molecule has 0 aliphatic carbocycles. The third-order valence-electron chi connectivity index (χ3n) is 4.41. The van der Waals surface area contributed by atoms with Gasteiger partial charge in [0.2, 0.25) is 5.91 Å². The maximum Gasteiger partial charge on any atom is 0.234 e. The van der Waals surface area contributed by atoms with Gasteiger partial charge in [-0.15, -0.1) is 0 Å². The first kappa shape index (κ1) is 17.4. The normalized spacial score (nSPS) is 17.4.